The molecule has 0 aromatic heterocycles. The van der Waals surface area contributed by atoms with Gasteiger partial charge in [0.15, 0.2) is 0 Å². The Morgan fingerprint density at radius 2 is 2.10 bits per heavy atom. The highest BCUT2D eigenvalue weighted by Crippen LogP contribution is 2.30. The standard InChI is InChI=1S/C16H24N2O2/c1-11-6-4-8-15(12(11)2)17-10-14-7-5-9-16(13(14)3)18(19)20/h5,7,9,11-12,15,17H,4,6,8,10H2,1-3H3. The largest absolute Gasteiger partial charge is 0.310 e. The number of hydrogen-bond acceptors (Lipinski definition) is 3. The zero-order chi connectivity index (χ0) is 14.7. The zero-order valence-electron chi connectivity index (χ0n) is 12.6. The van der Waals surface area contributed by atoms with E-state index in [0.29, 0.717) is 12.0 Å². The third-order valence-electron chi connectivity index (χ3n) is 4.88. The van der Waals surface area contributed by atoms with Crippen molar-refractivity contribution in [3.8, 4) is 0 Å². The van der Waals surface area contributed by atoms with Crippen LogP contribution in [0.5, 0.6) is 0 Å². The maximum atomic E-state index is 11.0. The molecule has 1 saturated carbocycles. The Balaban J connectivity index is 2.04. The lowest BCUT2D eigenvalue weighted by atomic mass is 9.78. The highest BCUT2D eigenvalue weighted by atomic mass is 16.6. The molecule has 110 valence electrons. The first-order chi connectivity index (χ1) is 9.50. The first kappa shape index (κ1) is 15.0. The smallest absolute Gasteiger partial charge is 0.272 e. The van der Waals surface area contributed by atoms with Crippen LogP contribution in [0.4, 0.5) is 5.69 Å². The third kappa shape index (κ3) is 3.18. The van der Waals surface area contributed by atoms with Gasteiger partial charge in [-0.2, -0.15) is 0 Å². The van der Waals surface area contributed by atoms with Crippen LogP contribution in [-0.2, 0) is 6.54 Å². The summed E-state index contributed by atoms with van der Waals surface area (Å²) in [5.41, 5.74) is 2.03. The molecule has 0 spiro atoms. The van der Waals surface area contributed by atoms with E-state index in [2.05, 4.69) is 19.2 Å². The molecule has 1 aliphatic rings. The highest BCUT2D eigenvalue weighted by Gasteiger charge is 2.26. The van der Waals surface area contributed by atoms with Gasteiger partial charge in [-0.05, 0) is 30.7 Å². The van der Waals surface area contributed by atoms with Crippen molar-refractivity contribution in [1.82, 2.24) is 5.32 Å². The Kier molecular flexibility index (Phi) is 4.76. The summed E-state index contributed by atoms with van der Waals surface area (Å²) in [6.45, 7) is 7.18. The van der Waals surface area contributed by atoms with Gasteiger partial charge in [-0.3, -0.25) is 10.1 Å². The van der Waals surface area contributed by atoms with Crippen molar-refractivity contribution < 1.29 is 4.92 Å². The van der Waals surface area contributed by atoms with Gasteiger partial charge in [-0.15, -0.1) is 0 Å². The summed E-state index contributed by atoms with van der Waals surface area (Å²) >= 11 is 0. The van der Waals surface area contributed by atoms with E-state index in [-0.39, 0.29) is 10.6 Å². The fourth-order valence-electron chi connectivity index (χ4n) is 3.17. The van der Waals surface area contributed by atoms with E-state index in [1.165, 1.54) is 19.3 Å². The van der Waals surface area contributed by atoms with Crippen LogP contribution < -0.4 is 5.32 Å². The Bertz CT molecular complexity index is 487. The lowest BCUT2D eigenvalue weighted by Gasteiger charge is -2.35. The van der Waals surface area contributed by atoms with Gasteiger partial charge in [0.05, 0.1) is 4.92 Å². The molecule has 3 atom stereocenters. The van der Waals surface area contributed by atoms with Crippen LogP contribution in [0.25, 0.3) is 0 Å². The van der Waals surface area contributed by atoms with Crippen molar-refractivity contribution in [1.29, 1.82) is 0 Å². The summed E-state index contributed by atoms with van der Waals surface area (Å²) < 4.78 is 0. The van der Waals surface area contributed by atoms with Gasteiger partial charge < -0.3 is 5.32 Å². The summed E-state index contributed by atoms with van der Waals surface area (Å²) in [4.78, 5) is 10.7. The minimum Gasteiger partial charge on any atom is -0.310 e. The molecule has 1 aromatic carbocycles. The Labute approximate surface area is 120 Å². The minimum atomic E-state index is -0.301. The van der Waals surface area contributed by atoms with Crippen molar-refractivity contribution >= 4 is 5.69 Å². The molecular formula is C16H24N2O2. The fraction of sp³-hybridized carbons (Fsp3) is 0.625. The molecule has 4 nitrogen and oxygen atoms in total. The van der Waals surface area contributed by atoms with E-state index >= 15 is 0 Å². The molecule has 1 aromatic rings. The minimum absolute atomic E-state index is 0.217. The van der Waals surface area contributed by atoms with Crippen molar-refractivity contribution in [3.63, 3.8) is 0 Å². The topological polar surface area (TPSA) is 55.2 Å². The number of nitrogens with zero attached hydrogens (tertiary/aromatic N) is 1. The Morgan fingerprint density at radius 1 is 1.35 bits per heavy atom. The van der Waals surface area contributed by atoms with E-state index < -0.39 is 0 Å². The van der Waals surface area contributed by atoms with Crippen molar-refractivity contribution in [2.75, 3.05) is 0 Å². The second-order valence-electron chi connectivity index (χ2n) is 6.07. The van der Waals surface area contributed by atoms with E-state index in [9.17, 15) is 10.1 Å². The van der Waals surface area contributed by atoms with E-state index in [1.807, 2.05) is 13.0 Å². The first-order valence-corrected chi connectivity index (χ1v) is 7.47. The highest BCUT2D eigenvalue weighted by molar-refractivity contribution is 5.44. The second kappa shape index (κ2) is 6.35. The van der Waals surface area contributed by atoms with Gasteiger partial charge in [0.1, 0.15) is 0 Å². The third-order valence-corrected chi connectivity index (χ3v) is 4.88. The van der Waals surface area contributed by atoms with Crippen LogP contribution in [0, 0.1) is 28.9 Å². The summed E-state index contributed by atoms with van der Waals surface area (Å²) in [5.74, 6) is 1.43. The SMILES string of the molecule is Cc1c(CNC2CCCC(C)C2C)cccc1[N+](=O)[O-]. The monoisotopic (exact) mass is 276 g/mol. The van der Waals surface area contributed by atoms with Crippen LogP contribution >= 0.6 is 0 Å². The quantitative estimate of drug-likeness (QED) is 0.672. The average Bonchev–Trinajstić information content (AvgIpc) is 2.41. The molecule has 0 aliphatic heterocycles. The Hall–Kier alpha value is -1.42. The lowest BCUT2D eigenvalue weighted by Crippen LogP contribution is -2.40. The number of nitrogens with one attached hydrogen (secondary N) is 1. The fourth-order valence-corrected chi connectivity index (χ4v) is 3.17. The van der Waals surface area contributed by atoms with Gasteiger partial charge in [-0.1, -0.05) is 38.8 Å². The van der Waals surface area contributed by atoms with Gasteiger partial charge >= 0.3 is 0 Å². The molecule has 1 N–H and O–H groups in total. The molecule has 4 heteroatoms. The molecule has 1 fully saturated rings. The average molecular weight is 276 g/mol. The van der Waals surface area contributed by atoms with Crippen molar-refractivity contribution in [2.24, 2.45) is 11.8 Å². The molecule has 0 saturated heterocycles. The number of nitro benzene ring substituents is 1. The summed E-state index contributed by atoms with van der Waals surface area (Å²) in [5, 5.41) is 14.6. The van der Waals surface area contributed by atoms with Crippen molar-refractivity contribution in [3.05, 3.63) is 39.4 Å². The predicted molar refractivity (Wildman–Crippen MR) is 80.6 cm³/mol. The van der Waals surface area contributed by atoms with Gasteiger partial charge in [0, 0.05) is 24.2 Å². The van der Waals surface area contributed by atoms with Gasteiger partial charge in [0.2, 0.25) is 0 Å². The van der Waals surface area contributed by atoms with E-state index in [0.717, 1.165) is 23.6 Å². The predicted octanol–water partition coefficient (Wildman–Crippen LogP) is 3.82. The normalized spacial score (nSPS) is 26.4. The Morgan fingerprint density at radius 3 is 2.80 bits per heavy atom. The molecule has 20 heavy (non-hydrogen) atoms. The van der Waals surface area contributed by atoms with Crippen LogP contribution in [0.15, 0.2) is 18.2 Å². The molecule has 0 bridgehead atoms. The number of benzene rings is 1. The number of hydrogen-bond donors (Lipinski definition) is 1. The number of nitro groups is 1. The number of rotatable bonds is 4. The molecule has 0 amide bonds. The maximum absolute atomic E-state index is 11.0. The zero-order valence-corrected chi connectivity index (χ0v) is 12.6. The summed E-state index contributed by atoms with van der Waals surface area (Å²) in [7, 11) is 0. The molecular weight excluding hydrogens is 252 g/mol. The molecule has 0 heterocycles. The van der Waals surface area contributed by atoms with Crippen LogP contribution in [0.3, 0.4) is 0 Å². The summed E-state index contributed by atoms with van der Waals surface area (Å²) in [6.07, 6.45) is 3.80. The van der Waals surface area contributed by atoms with Gasteiger partial charge in [-0.25, -0.2) is 0 Å². The van der Waals surface area contributed by atoms with E-state index in [4.69, 9.17) is 0 Å². The molecule has 0 radical (unpaired) electrons. The van der Waals surface area contributed by atoms with Crippen LogP contribution in [-0.4, -0.2) is 11.0 Å². The first-order valence-electron chi connectivity index (χ1n) is 7.47. The van der Waals surface area contributed by atoms with Crippen LogP contribution in [0.2, 0.25) is 0 Å². The summed E-state index contributed by atoms with van der Waals surface area (Å²) in [6, 6.07) is 5.85. The van der Waals surface area contributed by atoms with E-state index in [1.54, 1.807) is 12.1 Å². The van der Waals surface area contributed by atoms with Gasteiger partial charge in [0.25, 0.3) is 5.69 Å². The maximum Gasteiger partial charge on any atom is 0.272 e. The van der Waals surface area contributed by atoms with Crippen LogP contribution in [0.1, 0.15) is 44.2 Å². The molecule has 1 aliphatic carbocycles. The molecule has 2 rings (SSSR count). The lowest BCUT2D eigenvalue weighted by molar-refractivity contribution is -0.385. The molecule has 3 unspecified atom stereocenters. The van der Waals surface area contributed by atoms with Crippen molar-refractivity contribution in [2.45, 2.75) is 52.6 Å². The second-order valence-corrected chi connectivity index (χ2v) is 6.07.